The number of fused-ring (bicyclic) bond motifs is 1. The van der Waals surface area contributed by atoms with Gasteiger partial charge >= 0.3 is 0 Å². The molecule has 1 saturated carbocycles. The average molecular weight is 252 g/mol. The SMILES string of the molecule is CC1c2ccsc2CCN1C(=S)NC1CC1. The summed E-state index contributed by atoms with van der Waals surface area (Å²) in [6.45, 7) is 3.32. The molecule has 1 aliphatic heterocycles. The molecule has 86 valence electrons. The minimum Gasteiger partial charge on any atom is -0.360 e. The number of thiocarbonyl (C=S) groups is 1. The Bertz CT molecular complexity index is 409. The third kappa shape index (κ3) is 1.84. The summed E-state index contributed by atoms with van der Waals surface area (Å²) in [6, 6.07) is 3.34. The minimum atomic E-state index is 0.439. The van der Waals surface area contributed by atoms with Crippen LogP contribution >= 0.6 is 23.6 Å². The van der Waals surface area contributed by atoms with Gasteiger partial charge in [-0.3, -0.25) is 0 Å². The summed E-state index contributed by atoms with van der Waals surface area (Å²) in [7, 11) is 0. The first-order chi connectivity index (χ1) is 7.75. The van der Waals surface area contributed by atoms with Crippen LogP contribution in [0.1, 0.15) is 36.2 Å². The Morgan fingerprint density at radius 2 is 2.38 bits per heavy atom. The Morgan fingerprint density at radius 1 is 1.56 bits per heavy atom. The van der Waals surface area contributed by atoms with Gasteiger partial charge < -0.3 is 10.2 Å². The predicted molar refractivity (Wildman–Crippen MR) is 71.9 cm³/mol. The summed E-state index contributed by atoms with van der Waals surface area (Å²) >= 11 is 7.37. The van der Waals surface area contributed by atoms with E-state index in [9.17, 15) is 0 Å². The van der Waals surface area contributed by atoms with Crippen molar-refractivity contribution in [3.8, 4) is 0 Å². The van der Waals surface area contributed by atoms with Crippen molar-refractivity contribution in [3.63, 3.8) is 0 Å². The molecule has 2 heterocycles. The molecule has 0 spiro atoms. The van der Waals surface area contributed by atoms with Gasteiger partial charge in [-0.2, -0.15) is 0 Å². The highest BCUT2D eigenvalue weighted by atomic mass is 32.1. The number of nitrogens with one attached hydrogen (secondary N) is 1. The van der Waals surface area contributed by atoms with Crippen LogP contribution in [0.3, 0.4) is 0 Å². The molecule has 1 aromatic heterocycles. The van der Waals surface area contributed by atoms with E-state index in [0.29, 0.717) is 12.1 Å². The fourth-order valence-corrected chi connectivity index (χ4v) is 3.65. The van der Waals surface area contributed by atoms with E-state index < -0.39 is 0 Å². The van der Waals surface area contributed by atoms with Gasteiger partial charge in [0.1, 0.15) is 0 Å². The minimum absolute atomic E-state index is 0.439. The molecule has 1 aliphatic carbocycles. The summed E-state index contributed by atoms with van der Waals surface area (Å²) in [6.07, 6.45) is 3.71. The van der Waals surface area contributed by atoms with Crippen LogP contribution in [-0.4, -0.2) is 22.6 Å². The van der Waals surface area contributed by atoms with E-state index in [1.54, 1.807) is 0 Å². The maximum absolute atomic E-state index is 5.49. The summed E-state index contributed by atoms with van der Waals surface area (Å²) in [5.41, 5.74) is 1.47. The van der Waals surface area contributed by atoms with Crippen LogP contribution in [0.2, 0.25) is 0 Å². The zero-order chi connectivity index (χ0) is 11.1. The van der Waals surface area contributed by atoms with E-state index in [4.69, 9.17) is 12.2 Å². The van der Waals surface area contributed by atoms with Crippen LogP contribution in [-0.2, 0) is 6.42 Å². The molecule has 0 amide bonds. The van der Waals surface area contributed by atoms with Crippen LogP contribution in [0.15, 0.2) is 11.4 Å². The Morgan fingerprint density at radius 3 is 3.12 bits per heavy atom. The van der Waals surface area contributed by atoms with Crippen molar-refractivity contribution in [1.82, 2.24) is 10.2 Å². The summed E-state index contributed by atoms with van der Waals surface area (Å²) in [5, 5.41) is 6.58. The lowest BCUT2D eigenvalue weighted by Gasteiger charge is -2.35. The number of nitrogens with zero attached hydrogens (tertiary/aromatic N) is 1. The highest BCUT2D eigenvalue weighted by molar-refractivity contribution is 7.80. The van der Waals surface area contributed by atoms with Gasteiger partial charge in [0.25, 0.3) is 0 Å². The van der Waals surface area contributed by atoms with E-state index in [0.717, 1.165) is 18.1 Å². The summed E-state index contributed by atoms with van der Waals surface area (Å²) in [5.74, 6) is 0. The Balaban J connectivity index is 1.75. The largest absolute Gasteiger partial charge is 0.360 e. The van der Waals surface area contributed by atoms with Crippen molar-refractivity contribution in [2.45, 2.75) is 38.3 Å². The first kappa shape index (κ1) is 10.5. The monoisotopic (exact) mass is 252 g/mol. The molecule has 1 unspecified atom stereocenters. The number of hydrogen-bond acceptors (Lipinski definition) is 2. The highest BCUT2D eigenvalue weighted by Gasteiger charge is 2.29. The molecule has 1 atom stereocenters. The van der Waals surface area contributed by atoms with Gasteiger partial charge in [0.15, 0.2) is 5.11 Å². The quantitative estimate of drug-likeness (QED) is 0.774. The summed E-state index contributed by atoms with van der Waals surface area (Å²) < 4.78 is 0. The van der Waals surface area contributed by atoms with E-state index in [2.05, 4.69) is 28.6 Å². The molecular formula is C12H16N2S2. The Kier molecular flexibility index (Phi) is 2.64. The molecule has 1 fully saturated rings. The molecule has 3 rings (SSSR count). The van der Waals surface area contributed by atoms with Gasteiger partial charge in [0.05, 0.1) is 6.04 Å². The molecule has 1 aromatic rings. The maximum Gasteiger partial charge on any atom is 0.169 e. The first-order valence-electron chi connectivity index (χ1n) is 5.89. The van der Waals surface area contributed by atoms with Gasteiger partial charge in [-0.15, -0.1) is 11.3 Å². The third-order valence-corrected chi connectivity index (χ3v) is 4.79. The van der Waals surface area contributed by atoms with Crippen LogP contribution in [0.4, 0.5) is 0 Å². The highest BCUT2D eigenvalue weighted by Crippen LogP contribution is 2.33. The van der Waals surface area contributed by atoms with E-state index >= 15 is 0 Å². The zero-order valence-corrected chi connectivity index (χ0v) is 11.0. The molecule has 0 radical (unpaired) electrons. The molecule has 16 heavy (non-hydrogen) atoms. The van der Waals surface area contributed by atoms with Crippen molar-refractivity contribution >= 4 is 28.7 Å². The van der Waals surface area contributed by atoms with Crippen molar-refractivity contribution in [2.75, 3.05) is 6.54 Å². The molecular weight excluding hydrogens is 236 g/mol. The summed E-state index contributed by atoms with van der Waals surface area (Å²) in [4.78, 5) is 3.88. The molecule has 2 aliphatic rings. The van der Waals surface area contributed by atoms with Crippen molar-refractivity contribution < 1.29 is 0 Å². The smallest absolute Gasteiger partial charge is 0.169 e. The second kappa shape index (κ2) is 4.00. The zero-order valence-electron chi connectivity index (χ0n) is 9.40. The van der Waals surface area contributed by atoms with E-state index in [1.807, 2.05) is 11.3 Å². The topological polar surface area (TPSA) is 15.3 Å². The van der Waals surface area contributed by atoms with Crippen LogP contribution in [0.5, 0.6) is 0 Å². The van der Waals surface area contributed by atoms with Gasteiger partial charge in [-0.25, -0.2) is 0 Å². The molecule has 0 saturated heterocycles. The van der Waals surface area contributed by atoms with Crippen molar-refractivity contribution in [2.24, 2.45) is 0 Å². The lowest BCUT2D eigenvalue weighted by atomic mass is 10.0. The molecule has 4 heteroatoms. The van der Waals surface area contributed by atoms with Gasteiger partial charge in [0.2, 0.25) is 0 Å². The maximum atomic E-state index is 5.49. The third-order valence-electron chi connectivity index (χ3n) is 3.44. The second-order valence-corrected chi connectivity index (χ2v) is 6.03. The van der Waals surface area contributed by atoms with Crippen LogP contribution in [0, 0.1) is 0 Å². The Labute approximate surface area is 106 Å². The van der Waals surface area contributed by atoms with E-state index in [1.165, 1.54) is 23.3 Å². The predicted octanol–water partition coefficient (Wildman–Crippen LogP) is 2.70. The number of rotatable bonds is 1. The molecule has 1 N–H and O–H groups in total. The van der Waals surface area contributed by atoms with Gasteiger partial charge in [-0.1, -0.05) is 0 Å². The van der Waals surface area contributed by atoms with Crippen molar-refractivity contribution in [3.05, 3.63) is 21.9 Å². The van der Waals surface area contributed by atoms with Crippen LogP contribution < -0.4 is 5.32 Å². The fraction of sp³-hybridized carbons (Fsp3) is 0.583. The van der Waals surface area contributed by atoms with E-state index in [-0.39, 0.29) is 0 Å². The average Bonchev–Trinajstić information content (AvgIpc) is 2.94. The second-order valence-electron chi connectivity index (χ2n) is 4.64. The lowest BCUT2D eigenvalue weighted by Crippen LogP contribution is -2.44. The normalized spacial score (nSPS) is 24.1. The standard InChI is InChI=1S/C12H16N2S2/c1-8-10-5-7-16-11(10)4-6-14(8)12(15)13-9-2-3-9/h5,7-9H,2-4,6H2,1H3,(H,13,15). The number of thiophene rings is 1. The fourth-order valence-electron chi connectivity index (χ4n) is 2.27. The van der Waals surface area contributed by atoms with Gasteiger partial charge in [-0.05, 0) is 55.4 Å². The van der Waals surface area contributed by atoms with Crippen molar-refractivity contribution in [1.29, 1.82) is 0 Å². The van der Waals surface area contributed by atoms with Crippen LogP contribution in [0.25, 0.3) is 0 Å². The molecule has 0 bridgehead atoms. The van der Waals surface area contributed by atoms with Gasteiger partial charge in [0, 0.05) is 17.5 Å². The number of hydrogen-bond donors (Lipinski definition) is 1. The lowest BCUT2D eigenvalue weighted by molar-refractivity contribution is 0.317. The Hall–Kier alpha value is -0.610. The first-order valence-corrected chi connectivity index (χ1v) is 7.18. The molecule has 2 nitrogen and oxygen atoms in total. The molecule has 0 aromatic carbocycles.